The zero-order chi connectivity index (χ0) is 21.6. The molecule has 1 amide bonds. The summed E-state index contributed by atoms with van der Waals surface area (Å²) in [5.74, 6) is -0.348. The van der Waals surface area contributed by atoms with Crippen LogP contribution in [0.1, 0.15) is 16.7 Å². The molecular weight excluding hydrogens is 402 g/mol. The summed E-state index contributed by atoms with van der Waals surface area (Å²) in [6, 6.07) is 15.2. The molecule has 2 aromatic carbocycles. The Hall–Kier alpha value is -2.42. The van der Waals surface area contributed by atoms with Crippen molar-refractivity contribution in [2.45, 2.75) is 20.0 Å². The normalized spacial score (nSPS) is 15.0. The summed E-state index contributed by atoms with van der Waals surface area (Å²) in [4.78, 5) is 14.8. The molecule has 162 valence electrons. The Morgan fingerprint density at radius 3 is 2.40 bits per heavy atom. The molecule has 0 saturated carbocycles. The van der Waals surface area contributed by atoms with Crippen LogP contribution in [0.25, 0.3) is 0 Å². The number of carbonyl (C=O) groups excluding carboxylic acids is 1. The van der Waals surface area contributed by atoms with E-state index in [2.05, 4.69) is 22.3 Å². The molecule has 0 radical (unpaired) electrons. The van der Waals surface area contributed by atoms with Gasteiger partial charge in [-0.1, -0.05) is 36.4 Å². The van der Waals surface area contributed by atoms with Crippen LogP contribution in [-0.4, -0.2) is 58.3 Å². The van der Waals surface area contributed by atoms with Crippen molar-refractivity contribution in [1.29, 1.82) is 0 Å². The number of benzene rings is 2. The first kappa shape index (κ1) is 22.3. The number of ether oxygens (including phenoxy) is 1. The standard InChI is InChI=1S/C22H29N3O4S/c1-18-4-3-5-21(14-18)25(30(2,27)28)17-22(26)23-15-19-6-8-20(9-7-19)16-24-10-12-29-13-11-24/h3-9,14H,10-13,15-17H2,1-2H3,(H,23,26). The number of nitrogens with zero attached hydrogens (tertiary/aromatic N) is 2. The van der Waals surface area contributed by atoms with Crippen LogP contribution in [0.3, 0.4) is 0 Å². The molecule has 30 heavy (non-hydrogen) atoms. The summed E-state index contributed by atoms with van der Waals surface area (Å²) in [5.41, 5.74) is 3.60. The first-order chi connectivity index (χ1) is 14.3. The molecule has 0 bridgehead atoms. The molecule has 0 aliphatic carbocycles. The number of carbonyl (C=O) groups is 1. The van der Waals surface area contributed by atoms with Gasteiger partial charge in [-0.15, -0.1) is 0 Å². The van der Waals surface area contributed by atoms with Crippen LogP contribution in [0.2, 0.25) is 0 Å². The highest BCUT2D eigenvalue weighted by Crippen LogP contribution is 2.18. The molecule has 3 rings (SSSR count). The van der Waals surface area contributed by atoms with Gasteiger partial charge in [-0.25, -0.2) is 8.42 Å². The summed E-state index contributed by atoms with van der Waals surface area (Å²) >= 11 is 0. The topological polar surface area (TPSA) is 79.0 Å². The van der Waals surface area contributed by atoms with E-state index in [9.17, 15) is 13.2 Å². The van der Waals surface area contributed by atoms with Crippen molar-refractivity contribution in [1.82, 2.24) is 10.2 Å². The number of hydrogen-bond donors (Lipinski definition) is 1. The molecule has 8 heteroatoms. The van der Waals surface area contributed by atoms with Gasteiger partial charge in [0.05, 0.1) is 25.2 Å². The Kier molecular flexibility index (Phi) is 7.47. The lowest BCUT2D eigenvalue weighted by atomic mass is 10.1. The molecule has 1 aliphatic rings. The Labute approximate surface area is 178 Å². The molecule has 1 fully saturated rings. The van der Waals surface area contributed by atoms with Gasteiger partial charge >= 0.3 is 0 Å². The highest BCUT2D eigenvalue weighted by molar-refractivity contribution is 7.92. The van der Waals surface area contributed by atoms with Gasteiger partial charge in [-0.3, -0.25) is 14.0 Å². The average Bonchev–Trinajstić information content (AvgIpc) is 2.71. The average molecular weight is 432 g/mol. The quantitative estimate of drug-likeness (QED) is 0.691. The summed E-state index contributed by atoms with van der Waals surface area (Å²) < 4.78 is 30.9. The first-order valence-electron chi connectivity index (χ1n) is 10.0. The van der Waals surface area contributed by atoms with Gasteiger partial charge in [0.2, 0.25) is 15.9 Å². The molecule has 1 aliphatic heterocycles. The SMILES string of the molecule is Cc1cccc(N(CC(=O)NCc2ccc(CN3CCOCC3)cc2)S(C)(=O)=O)c1. The molecule has 1 N–H and O–H groups in total. The number of anilines is 1. The lowest BCUT2D eigenvalue weighted by Crippen LogP contribution is -2.40. The van der Waals surface area contributed by atoms with E-state index in [0.29, 0.717) is 12.2 Å². The second kappa shape index (κ2) is 10.1. The van der Waals surface area contributed by atoms with E-state index < -0.39 is 10.0 Å². The van der Waals surface area contributed by atoms with Gasteiger partial charge in [0.25, 0.3) is 0 Å². The second-order valence-electron chi connectivity index (χ2n) is 7.59. The van der Waals surface area contributed by atoms with E-state index in [-0.39, 0.29) is 12.5 Å². The van der Waals surface area contributed by atoms with Gasteiger partial charge in [0, 0.05) is 26.2 Å². The van der Waals surface area contributed by atoms with Crippen LogP contribution >= 0.6 is 0 Å². The fourth-order valence-electron chi connectivity index (χ4n) is 3.35. The number of amides is 1. The number of aryl methyl sites for hydroxylation is 1. The summed E-state index contributed by atoms with van der Waals surface area (Å²) in [6.45, 7) is 6.29. The zero-order valence-corrected chi connectivity index (χ0v) is 18.3. The van der Waals surface area contributed by atoms with Crippen LogP contribution < -0.4 is 9.62 Å². The maximum absolute atomic E-state index is 12.4. The summed E-state index contributed by atoms with van der Waals surface area (Å²) in [6.07, 6.45) is 1.11. The van der Waals surface area contributed by atoms with Crippen molar-refractivity contribution in [2.24, 2.45) is 0 Å². The number of morpholine rings is 1. The Morgan fingerprint density at radius 1 is 1.10 bits per heavy atom. The predicted octanol–water partition coefficient (Wildman–Crippen LogP) is 1.91. The van der Waals surface area contributed by atoms with Gasteiger partial charge in [-0.2, -0.15) is 0 Å². The maximum atomic E-state index is 12.4. The lowest BCUT2D eigenvalue weighted by Gasteiger charge is -2.26. The van der Waals surface area contributed by atoms with Crippen LogP contribution in [0, 0.1) is 6.92 Å². The minimum atomic E-state index is -3.57. The smallest absolute Gasteiger partial charge is 0.241 e. The minimum absolute atomic E-state index is 0.253. The molecule has 1 heterocycles. The number of rotatable bonds is 8. The van der Waals surface area contributed by atoms with E-state index in [0.717, 1.165) is 54.5 Å². The Morgan fingerprint density at radius 2 is 1.77 bits per heavy atom. The second-order valence-corrected chi connectivity index (χ2v) is 9.50. The summed E-state index contributed by atoms with van der Waals surface area (Å²) in [5, 5.41) is 2.81. The third kappa shape index (κ3) is 6.55. The fraction of sp³-hybridized carbons (Fsp3) is 0.409. The Balaban J connectivity index is 1.55. The summed E-state index contributed by atoms with van der Waals surface area (Å²) in [7, 11) is -3.57. The molecular formula is C22H29N3O4S. The van der Waals surface area contributed by atoms with Gasteiger partial charge in [-0.05, 0) is 35.7 Å². The van der Waals surface area contributed by atoms with Crippen LogP contribution in [-0.2, 0) is 32.6 Å². The van der Waals surface area contributed by atoms with E-state index in [1.807, 2.05) is 25.1 Å². The van der Waals surface area contributed by atoms with Crippen molar-refractivity contribution < 1.29 is 17.9 Å². The van der Waals surface area contributed by atoms with E-state index >= 15 is 0 Å². The highest BCUT2D eigenvalue weighted by Gasteiger charge is 2.20. The third-order valence-electron chi connectivity index (χ3n) is 5.00. The fourth-order valence-corrected chi connectivity index (χ4v) is 4.20. The van der Waals surface area contributed by atoms with Crippen LogP contribution in [0.5, 0.6) is 0 Å². The van der Waals surface area contributed by atoms with Gasteiger partial charge in [0.15, 0.2) is 0 Å². The van der Waals surface area contributed by atoms with Crippen molar-refractivity contribution >= 4 is 21.6 Å². The van der Waals surface area contributed by atoms with E-state index in [4.69, 9.17) is 4.74 Å². The van der Waals surface area contributed by atoms with Crippen LogP contribution in [0.4, 0.5) is 5.69 Å². The minimum Gasteiger partial charge on any atom is -0.379 e. The number of hydrogen-bond acceptors (Lipinski definition) is 5. The van der Waals surface area contributed by atoms with E-state index in [1.165, 1.54) is 5.56 Å². The third-order valence-corrected chi connectivity index (χ3v) is 6.14. The van der Waals surface area contributed by atoms with Crippen molar-refractivity contribution in [2.75, 3.05) is 43.4 Å². The molecule has 2 aromatic rings. The monoisotopic (exact) mass is 431 g/mol. The van der Waals surface area contributed by atoms with Crippen molar-refractivity contribution in [3.63, 3.8) is 0 Å². The molecule has 7 nitrogen and oxygen atoms in total. The predicted molar refractivity (Wildman–Crippen MR) is 118 cm³/mol. The lowest BCUT2D eigenvalue weighted by molar-refractivity contribution is -0.119. The van der Waals surface area contributed by atoms with E-state index in [1.54, 1.807) is 18.2 Å². The highest BCUT2D eigenvalue weighted by atomic mass is 32.2. The largest absolute Gasteiger partial charge is 0.379 e. The Bertz CT molecular complexity index is 955. The van der Waals surface area contributed by atoms with Gasteiger partial charge in [0.1, 0.15) is 6.54 Å². The maximum Gasteiger partial charge on any atom is 0.241 e. The number of nitrogens with one attached hydrogen (secondary N) is 1. The molecule has 0 atom stereocenters. The number of sulfonamides is 1. The zero-order valence-electron chi connectivity index (χ0n) is 17.5. The van der Waals surface area contributed by atoms with Crippen LogP contribution in [0.15, 0.2) is 48.5 Å². The molecule has 0 unspecified atom stereocenters. The first-order valence-corrected chi connectivity index (χ1v) is 11.8. The molecule has 0 spiro atoms. The van der Waals surface area contributed by atoms with Crippen molar-refractivity contribution in [3.8, 4) is 0 Å². The van der Waals surface area contributed by atoms with Crippen molar-refractivity contribution in [3.05, 3.63) is 65.2 Å². The molecule has 1 saturated heterocycles. The van der Waals surface area contributed by atoms with Gasteiger partial charge < -0.3 is 10.1 Å². The molecule has 0 aromatic heterocycles.